The molecule has 0 bridgehead atoms. The van der Waals surface area contributed by atoms with Crippen LogP contribution >= 0.6 is 12.1 Å². The molecule has 5 nitrogen and oxygen atoms in total. The van der Waals surface area contributed by atoms with Gasteiger partial charge in [-0.05, 0) is 37.0 Å². The highest BCUT2D eigenvalue weighted by atomic mass is 32.2. The lowest BCUT2D eigenvalue weighted by Crippen LogP contribution is -2.32. The minimum atomic E-state index is 0.00414. The molecule has 2 aromatic heterocycles. The maximum Gasteiger partial charge on any atom is 0.228 e. The van der Waals surface area contributed by atoms with Crippen molar-refractivity contribution in [3.05, 3.63) is 47.7 Å². The van der Waals surface area contributed by atoms with Crippen LogP contribution in [0.5, 0.6) is 0 Å². The molecule has 0 aliphatic heterocycles. The minimum Gasteiger partial charge on any atom is -0.343 e. The Morgan fingerprint density at radius 1 is 1.10 bits per heavy atom. The summed E-state index contributed by atoms with van der Waals surface area (Å²) in [5.74, 6) is 0.00414. The van der Waals surface area contributed by atoms with E-state index in [-0.39, 0.29) is 34.9 Å². The van der Waals surface area contributed by atoms with Crippen LogP contribution in [-0.2, 0) is 16.6 Å². The van der Waals surface area contributed by atoms with Crippen molar-refractivity contribution >= 4 is 23.7 Å². The van der Waals surface area contributed by atoms with E-state index in [0.29, 0.717) is 30.1 Å². The number of nitrogens with zero attached hydrogens (tertiary/aromatic N) is 4. The second kappa shape index (κ2) is 8.53. The zero-order valence-electron chi connectivity index (χ0n) is 17.6. The molecule has 0 radical (unpaired) electrons. The topological polar surface area (TPSA) is 50.5 Å². The number of imidazole rings is 1. The van der Waals surface area contributed by atoms with Gasteiger partial charge in [0.1, 0.15) is 17.2 Å². The number of fused-ring (bicyclic) bond motifs is 1. The van der Waals surface area contributed by atoms with Gasteiger partial charge in [0.05, 0.1) is 17.8 Å². The lowest BCUT2D eigenvalue weighted by atomic mass is 9.86. The van der Waals surface area contributed by atoms with Crippen molar-refractivity contribution in [3.8, 4) is 11.3 Å². The van der Waals surface area contributed by atoms with Gasteiger partial charge < -0.3 is 4.90 Å². The number of carbonyl (C=O) groups is 1. The van der Waals surface area contributed by atoms with E-state index < -0.39 is 0 Å². The maximum absolute atomic E-state index is 13.1. The molecule has 3 rings (SSSR count). The first-order valence-electron chi connectivity index (χ1n) is 9.84. The van der Waals surface area contributed by atoms with Crippen molar-refractivity contribution < 1.29 is 8.68 Å². The molecule has 1 aromatic carbocycles. The third kappa shape index (κ3) is 4.45. The summed E-state index contributed by atoms with van der Waals surface area (Å²) in [6.45, 7) is 11.7. The Morgan fingerprint density at radius 3 is 2.31 bits per heavy atom. The number of aromatic nitrogens is 3. The van der Waals surface area contributed by atoms with Crippen molar-refractivity contribution in [2.24, 2.45) is 0 Å². The van der Waals surface area contributed by atoms with Crippen LogP contribution in [0.3, 0.4) is 0 Å². The summed E-state index contributed by atoms with van der Waals surface area (Å²) in [6, 6.07) is 11.6. The average molecular weight is 415 g/mol. The molecule has 0 atom stereocenters. The Hall–Kier alpha value is -2.41. The quantitative estimate of drug-likeness (QED) is 0.564. The monoisotopic (exact) mass is 414 g/mol. The van der Waals surface area contributed by atoms with Gasteiger partial charge in [-0.3, -0.25) is 4.79 Å². The Bertz CT molecular complexity index is 1000. The Morgan fingerprint density at radius 2 is 1.76 bits per heavy atom. The van der Waals surface area contributed by atoms with Gasteiger partial charge in [-0.15, -0.1) is 0 Å². The molecule has 0 aliphatic carbocycles. The molecule has 0 saturated heterocycles. The molecule has 29 heavy (non-hydrogen) atoms. The zero-order chi connectivity index (χ0) is 21.2. The summed E-state index contributed by atoms with van der Waals surface area (Å²) in [5.41, 5.74) is 4.17. The molecule has 1 amide bonds. The van der Waals surface area contributed by atoms with E-state index in [1.165, 1.54) is 5.56 Å². The van der Waals surface area contributed by atoms with Crippen molar-refractivity contribution in [3.63, 3.8) is 0 Å². The molecule has 0 N–H and O–H groups in total. The van der Waals surface area contributed by atoms with Crippen molar-refractivity contribution in [1.82, 2.24) is 19.5 Å². The van der Waals surface area contributed by atoms with E-state index in [2.05, 4.69) is 38.0 Å². The van der Waals surface area contributed by atoms with Crippen molar-refractivity contribution in [2.45, 2.75) is 51.5 Å². The fourth-order valence-electron chi connectivity index (χ4n) is 3.35. The molecule has 0 spiro atoms. The summed E-state index contributed by atoms with van der Waals surface area (Å²) in [5, 5.41) is 4.57. The largest absolute Gasteiger partial charge is 0.343 e. The van der Waals surface area contributed by atoms with Crippen LogP contribution in [0.25, 0.3) is 16.9 Å². The number of halogens is 1. The highest BCUT2D eigenvalue weighted by molar-refractivity contribution is 7.94. The SMILES string of the molecule is CCN(CC)C(=O)Cc1c(-c2ccc(C(C)(C)C)cc2)nc2ccc(SF)nn12. The molecule has 0 fully saturated rings. The molecule has 3 aromatic rings. The van der Waals surface area contributed by atoms with E-state index in [4.69, 9.17) is 4.98 Å². The number of hydrogen-bond donors (Lipinski definition) is 0. The van der Waals surface area contributed by atoms with E-state index in [0.717, 1.165) is 5.56 Å². The number of rotatable bonds is 6. The molecule has 7 heteroatoms. The Kier molecular flexibility index (Phi) is 6.27. The molecule has 154 valence electrons. The lowest BCUT2D eigenvalue weighted by Gasteiger charge is -2.19. The van der Waals surface area contributed by atoms with Gasteiger partial charge in [-0.25, -0.2) is 9.50 Å². The molecular weight excluding hydrogens is 387 g/mol. The molecular formula is C22H27FN4OS. The van der Waals surface area contributed by atoms with E-state index >= 15 is 0 Å². The highest BCUT2D eigenvalue weighted by Gasteiger charge is 2.21. The Labute approximate surface area is 175 Å². The number of hydrogen-bond acceptors (Lipinski definition) is 4. The van der Waals surface area contributed by atoms with Crippen LogP contribution in [0.4, 0.5) is 3.89 Å². The molecule has 0 unspecified atom stereocenters. The standard InChI is InChI=1S/C22H27FN4OS/c1-6-26(7-2)20(28)14-17-21(15-8-10-16(11-9-15)22(3,4)5)24-18-12-13-19(29-23)25-27(17)18/h8-13H,6-7,14H2,1-5H3. The van der Waals surface area contributed by atoms with Gasteiger partial charge in [0.25, 0.3) is 0 Å². The van der Waals surface area contributed by atoms with Gasteiger partial charge in [0, 0.05) is 18.7 Å². The van der Waals surface area contributed by atoms with Gasteiger partial charge in [0.15, 0.2) is 5.65 Å². The van der Waals surface area contributed by atoms with Gasteiger partial charge in [-0.2, -0.15) is 8.98 Å². The molecule has 0 aliphatic rings. The first kappa shape index (κ1) is 21.3. The van der Waals surface area contributed by atoms with Gasteiger partial charge in [-0.1, -0.05) is 45.0 Å². The van der Waals surface area contributed by atoms with E-state index in [1.54, 1.807) is 21.5 Å². The maximum atomic E-state index is 13.1. The van der Waals surface area contributed by atoms with E-state index in [1.807, 2.05) is 26.0 Å². The van der Waals surface area contributed by atoms with Crippen LogP contribution in [0, 0.1) is 0 Å². The number of likely N-dealkylation sites (N-methyl/N-ethyl adjacent to an activating group) is 1. The zero-order valence-corrected chi connectivity index (χ0v) is 18.4. The summed E-state index contributed by atoms with van der Waals surface area (Å²) in [6.07, 6.45) is 0.159. The average Bonchev–Trinajstić information content (AvgIpc) is 3.06. The fraction of sp³-hybridized carbons (Fsp3) is 0.409. The predicted molar refractivity (Wildman–Crippen MR) is 116 cm³/mol. The summed E-state index contributed by atoms with van der Waals surface area (Å²) in [4.78, 5) is 19.3. The number of carbonyl (C=O) groups excluding carboxylic acids is 1. The minimum absolute atomic E-state index is 0.00414. The second-order valence-corrected chi connectivity index (χ2v) is 8.57. The van der Waals surface area contributed by atoms with E-state index in [9.17, 15) is 8.68 Å². The van der Waals surface area contributed by atoms with Crippen LogP contribution in [0.1, 0.15) is 45.9 Å². The lowest BCUT2D eigenvalue weighted by molar-refractivity contribution is -0.130. The number of benzene rings is 1. The molecule has 2 heterocycles. The van der Waals surface area contributed by atoms with Crippen LogP contribution in [-0.4, -0.2) is 38.5 Å². The molecule has 0 saturated carbocycles. The van der Waals surface area contributed by atoms with Crippen molar-refractivity contribution in [2.75, 3.05) is 13.1 Å². The summed E-state index contributed by atoms with van der Waals surface area (Å²) in [7, 11) is 0. The first-order valence-corrected chi connectivity index (χ1v) is 10.6. The van der Waals surface area contributed by atoms with Crippen LogP contribution < -0.4 is 0 Å². The number of amides is 1. The predicted octanol–water partition coefficient (Wildman–Crippen LogP) is 5.08. The summed E-state index contributed by atoms with van der Waals surface area (Å²) >= 11 is 0.0812. The third-order valence-corrected chi connectivity index (χ3v) is 5.46. The van der Waals surface area contributed by atoms with Crippen molar-refractivity contribution in [1.29, 1.82) is 0 Å². The fourth-order valence-corrected chi connectivity index (χ4v) is 3.58. The first-order chi connectivity index (χ1) is 13.8. The van der Waals surface area contributed by atoms with Gasteiger partial charge >= 0.3 is 0 Å². The summed E-state index contributed by atoms with van der Waals surface area (Å²) < 4.78 is 14.7. The van der Waals surface area contributed by atoms with Gasteiger partial charge in [0.2, 0.25) is 5.91 Å². The highest BCUT2D eigenvalue weighted by Crippen LogP contribution is 2.29. The Balaban J connectivity index is 2.11. The second-order valence-electron chi connectivity index (χ2n) is 8.00. The normalized spacial score (nSPS) is 11.8. The van der Waals surface area contributed by atoms with Crippen LogP contribution in [0.15, 0.2) is 41.4 Å². The van der Waals surface area contributed by atoms with Crippen LogP contribution in [0.2, 0.25) is 0 Å². The smallest absolute Gasteiger partial charge is 0.228 e. The third-order valence-electron chi connectivity index (χ3n) is 5.08.